The van der Waals surface area contributed by atoms with Crippen LogP contribution in [-0.4, -0.2) is 59.8 Å². The highest BCUT2D eigenvalue weighted by Crippen LogP contribution is 2.37. The Labute approximate surface area is 172 Å². The van der Waals surface area contributed by atoms with Crippen LogP contribution in [0.15, 0.2) is 54.6 Å². The zero-order valence-electron chi connectivity index (χ0n) is 16.7. The number of piperazine rings is 1. The van der Waals surface area contributed by atoms with Gasteiger partial charge >= 0.3 is 0 Å². The van der Waals surface area contributed by atoms with Gasteiger partial charge < -0.3 is 15.1 Å². The van der Waals surface area contributed by atoms with Crippen LogP contribution in [0.5, 0.6) is 11.5 Å². The van der Waals surface area contributed by atoms with Crippen LogP contribution < -0.4 is 0 Å². The summed E-state index contributed by atoms with van der Waals surface area (Å²) in [5, 5.41) is 22.8. The maximum atomic E-state index is 10.8. The van der Waals surface area contributed by atoms with E-state index in [-0.39, 0.29) is 11.5 Å². The molecule has 0 aromatic heterocycles. The fraction of sp³-hybridized carbons (Fsp3) is 0.280. The smallest absolute Gasteiger partial charge is 0.130 e. The summed E-state index contributed by atoms with van der Waals surface area (Å²) >= 11 is 0. The van der Waals surface area contributed by atoms with Crippen LogP contribution in [0.25, 0.3) is 10.8 Å². The molecule has 0 saturated carbocycles. The molecule has 0 atom stereocenters. The molecule has 0 unspecified atom stereocenters. The number of rotatable bonds is 3. The Bertz CT molecular complexity index is 1060. The normalized spacial score (nSPS) is 15.2. The first kappa shape index (κ1) is 19.3. The zero-order valence-corrected chi connectivity index (χ0v) is 16.7. The quantitative estimate of drug-likeness (QED) is 0.677. The lowest BCUT2D eigenvalue weighted by Gasteiger charge is -2.30. The van der Waals surface area contributed by atoms with Crippen molar-refractivity contribution in [2.75, 3.05) is 39.8 Å². The van der Waals surface area contributed by atoms with E-state index in [0.717, 1.165) is 54.6 Å². The molecule has 0 bridgehead atoms. The number of hydrogen-bond acceptors (Lipinski definition) is 4. The van der Waals surface area contributed by atoms with E-state index in [1.807, 2.05) is 48.5 Å². The van der Waals surface area contributed by atoms with E-state index in [2.05, 4.69) is 28.7 Å². The van der Waals surface area contributed by atoms with E-state index in [9.17, 15) is 10.2 Å². The Morgan fingerprint density at radius 2 is 1.69 bits per heavy atom. The predicted octanol–water partition coefficient (Wildman–Crippen LogP) is 3.44. The Kier molecular flexibility index (Phi) is 5.71. The first-order chi connectivity index (χ1) is 14.1. The van der Waals surface area contributed by atoms with Gasteiger partial charge in [-0.15, -0.1) is 0 Å². The molecule has 3 aromatic rings. The van der Waals surface area contributed by atoms with Gasteiger partial charge in [-0.2, -0.15) is 0 Å². The van der Waals surface area contributed by atoms with Gasteiger partial charge in [0.25, 0.3) is 0 Å². The molecule has 0 spiro atoms. The molecule has 1 aliphatic heterocycles. The molecule has 0 radical (unpaired) electrons. The zero-order chi connectivity index (χ0) is 20.2. The summed E-state index contributed by atoms with van der Waals surface area (Å²) in [4.78, 5) is 4.69. The van der Waals surface area contributed by atoms with Crippen LogP contribution in [0.2, 0.25) is 0 Å². The average molecular weight is 386 g/mol. The Morgan fingerprint density at radius 1 is 0.931 bits per heavy atom. The minimum atomic E-state index is 0.118. The maximum Gasteiger partial charge on any atom is 0.130 e. The molecule has 1 aliphatic rings. The third-order valence-corrected chi connectivity index (χ3v) is 5.55. The number of nitrogens with zero attached hydrogens (tertiary/aromatic N) is 2. The highest BCUT2D eigenvalue weighted by Gasteiger charge is 2.14. The van der Waals surface area contributed by atoms with Crippen molar-refractivity contribution in [3.05, 3.63) is 71.3 Å². The summed E-state index contributed by atoms with van der Waals surface area (Å²) < 4.78 is 0. The molecule has 2 N–H and O–H groups in total. The van der Waals surface area contributed by atoms with Gasteiger partial charge in [0.2, 0.25) is 0 Å². The minimum absolute atomic E-state index is 0.118. The van der Waals surface area contributed by atoms with Crippen molar-refractivity contribution >= 4 is 10.8 Å². The molecule has 148 valence electrons. The van der Waals surface area contributed by atoms with Gasteiger partial charge in [-0.1, -0.05) is 48.2 Å². The molecule has 1 saturated heterocycles. The molecule has 1 fully saturated rings. The lowest BCUT2D eigenvalue weighted by molar-refractivity contribution is 0.168. The lowest BCUT2D eigenvalue weighted by Crippen LogP contribution is -2.44. The standard InChI is InChI=1S/C25H26N2O2/c1-26-12-14-27(15-13-26)11-5-8-20-9-10-21-18-24(28)23(25(29)22(21)16-20)17-19-6-3-2-4-7-19/h2-4,6-7,9-10,16,18,28-29H,11-15,17H2,1H3. The number of phenolic OH excluding ortho intramolecular Hbond substituents is 2. The molecule has 3 aromatic carbocycles. The summed E-state index contributed by atoms with van der Waals surface area (Å²) in [6, 6.07) is 17.3. The van der Waals surface area contributed by atoms with Crippen molar-refractivity contribution in [1.82, 2.24) is 9.80 Å². The van der Waals surface area contributed by atoms with Gasteiger partial charge in [0, 0.05) is 49.1 Å². The van der Waals surface area contributed by atoms with E-state index in [0.29, 0.717) is 12.0 Å². The SMILES string of the molecule is CN1CCN(CC#Cc2ccc3cc(O)c(Cc4ccccc4)c(O)c3c2)CC1. The lowest BCUT2D eigenvalue weighted by atomic mass is 9.97. The topological polar surface area (TPSA) is 46.9 Å². The van der Waals surface area contributed by atoms with Gasteiger partial charge in [-0.05, 0) is 36.2 Å². The maximum absolute atomic E-state index is 10.8. The van der Waals surface area contributed by atoms with Crippen LogP contribution in [0, 0.1) is 11.8 Å². The Hall–Kier alpha value is -3.00. The predicted molar refractivity (Wildman–Crippen MR) is 117 cm³/mol. The molecule has 4 nitrogen and oxygen atoms in total. The van der Waals surface area contributed by atoms with E-state index < -0.39 is 0 Å². The summed E-state index contributed by atoms with van der Waals surface area (Å²) in [7, 11) is 2.15. The van der Waals surface area contributed by atoms with Gasteiger partial charge in [0.15, 0.2) is 0 Å². The molecule has 0 amide bonds. The number of phenols is 2. The molecule has 4 heteroatoms. The molecule has 29 heavy (non-hydrogen) atoms. The molecule has 4 rings (SSSR count). The Balaban J connectivity index is 1.57. The third kappa shape index (κ3) is 4.54. The van der Waals surface area contributed by atoms with E-state index in [1.54, 1.807) is 6.07 Å². The van der Waals surface area contributed by atoms with Crippen molar-refractivity contribution in [3.8, 4) is 23.3 Å². The number of likely N-dealkylation sites (N-methyl/N-ethyl adjacent to an activating group) is 1. The average Bonchev–Trinajstić information content (AvgIpc) is 2.74. The van der Waals surface area contributed by atoms with Gasteiger partial charge in [0.05, 0.1) is 6.54 Å². The van der Waals surface area contributed by atoms with Crippen molar-refractivity contribution in [3.63, 3.8) is 0 Å². The summed E-state index contributed by atoms with van der Waals surface area (Å²) in [6.07, 6.45) is 0.480. The Morgan fingerprint density at radius 3 is 2.45 bits per heavy atom. The van der Waals surface area contributed by atoms with Crippen LogP contribution >= 0.6 is 0 Å². The minimum Gasteiger partial charge on any atom is -0.507 e. The summed E-state index contributed by atoms with van der Waals surface area (Å²) in [5.74, 6) is 6.74. The molecular formula is C25H26N2O2. The number of fused-ring (bicyclic) bond motifs is 1. The third-order valence-electron chi connectivity index (χ3n) is 5.55. The van der Waals surface area contributed by atoms with Crippen LogP contribution in [0.3, 0.4) is 0 Å². The monoisotopic (exact) mass is 386 g/mol. The van der Waals surface area contributed by atoms with E-state index in [1.165, 1.54) is 0 Å². The van der Waals surface area contributed by atoms with Crippen LogP contribution in [0.4, 0.5) is 0 Å². The van der Waals surface area contributed by atoms with Crippen LogP contribution in [0.1, 0.15) is 16.7 Å². The number of hydrogen-bond donors (Lipinski definition) is 2. The van der Waals surface area contributed by atoms with Crippen LogP contribution in [-0.2, 0) is 6.42 Å². The van der Waals surface area contributed by atoms with E-state index >= 15 is 0 Å². The van der Waals surface area contributed by atoms with E-state index in [4.69, 9.17) is 0 Å². The molecule has 0 aliphatic carbocycles. The second-order valence-electron chi connectivity index (χ2n) is 7.70. The highest BCUT2D eigenvalue weighted by atomic mass is 16.3. The first-order valence-corrected chi connectivity index (χ1v) is 10.0. The number of benzene rings is 3. The van der Waals surface area contributed by atoms with Crippen molar-refractivity contribution in [2.24, 2.45) is 0 Å². The summed E-state index contributed by atoms with van der Waals surface area (Å²) in [6.45, 7) is 5.02. The molecule has 1 heterocycles. The first-order valence-electron chi connectivity index (χ1n) is 10.0. The van der Waals surface area contributed by atoms with Gasteiger partial charge in [-0.25, -0.2) is 0 Å². The van der Waals surface area contributed by atoms with Gasteiger partial charge in [-0.3, -0.25) is 4.90 Å². The highest BCUT2D eigenvalue weighted by molar-refractivity contribution is 5.92. The number of aromatic hydroxyl groups is 2. The van der Waals surface area contributed by atoms with Gasteiger partial charge in [0.1, 0.15) is 11.5 Å². The second kappa shape index (κ2) is 8.57. The van der Waals surface area contributed by atoms with Crippen molar-refractivity contribution in [2.45, 2.75) is 6.42 Å². The van der Waals surface area contributed by atoms with Crippen molar-refractivity contribution in [1.29, 1.82) is 0 Å². The van der Waals surface area contributed by atoms with Crippen molar-refractivity contribution < 1.29 is 10.2 Å². The fourth-order valence-electron chi connectivity index (χ4n) is 3.72. The summed E-state index contributed by atoms with van der Waals surface area (Å²) in [5.41, 5.74) is 2.46. The fourth-order valence-corrected chi connectivity index (χ4v) is 3.72. The second-order valence-corrected chi connectivity index (χ2v) is 7.70. The largest absolute Gasteiger partial charge is 0.507 e. The molecular weight excluding hydrogens is 360 g/mol.